The molecule has 2 rings (SSSR count). The van der Waals surface area contributed by atoms with Crippen molar-refractivity contribution in [2.24, 2.45) is 0 Å². The van der Waals surface area contributed by atoms with E-state index in [-0.39, 0.29) is 17.0 Å². The average molecular weight is 422 g/mol. The molecule has 1 amide bonds. The van der Waals surface area contributed by atoms with Crippen molar-refractivity contribution in [1.29, 1.82) is 0 Å². The van der Waals surface area contributed by atoms with Crippen molar-refractivity contribution < 1.29 is 27.6 Å². The molecule has 0 unspecified atom stereocenters. The number of sulfone groups is 1. The first-order valence-electron chi connectivity index (χ1n) is 8.60. The number of nitrogens with zero attached hydrogens (tertiary/aromatic N) is 2. The summed E-state index contributed by atoms with van der Waals surface area (Å²) in [5, 5.41) is 11.2. The zero-order valence-corrected chi connectivity index (χ0v) is 17.4. The van der Waals surface area contributed by atoms with E-state index in [0.29, 0.717) is 18.0 Å². The molecular formula is C19H22N2O7S. The third-order valence-electron chi connectivity index (χ3n) is 4.27. The third-order valence-corrected chi connectivity index (χ3v) is 5.36. The van der Waals surface area contributed by atoms with Crippen molar-refractivity contribution >= 4 is 21.4 Å². The van der Waals surface area contributed by atoms with Crippen LogP contribution in [0, 0.1) is 10.1 Å². The number of ether oxygens (including phenoxy) is 2. The maximum Gasteiger partial charge on any atom is 0.271 e. The van der Waals surface area contributed by atoms with Gasteiger partial charge >= 0.3 is 0 Å². The van der Waals surface area contributed by atoms with E-state index in [4.69, 9.17) is 9.47 Å². The van der Waals surface area contributed by atoms with Crippen LogP contribution in [-0.2, 0) is 16.4 Å². The van der Waals surface area contributed by atoms with E-state index in [1.807, 2.05) is 0 Å². The molecule has 0 fully saturated rings. The van der Waals surface area contributed by atoms with Gasteiger partial charge in [0.1, 0.15) is 0 Å². The molecule has 0 aliphatic rings. The van der Waals surface area contributed by atoms with Crippen LogP contribution in [0.4, 0.5) is 5.69 Å². The first-order chi connectivity index (χ1) is 13.6. The maximum absolute atomic E-state index is 13.0. The molecule has 156 valence electrons. The number of carbonyl (C=O) groups is 1. The van der Waals surface area contributed by atoms with Crippen molar-refractivity contribution in [3.63, 3.8) is 0 Å². The summed E-state index contributed by atoms with van der Waals surface area (Å²) in [5.41, 5.74) is 0.229. The van der Waals surface area contributed by atoms with Gasteiger partial charge in [-0.1, -0.05) is 6.07 Å². The predicted molar refractivity (Wildman–Crippen MR) is 106 cm³/mol. The first kappa shape index (κ1) is 22.2. The van der Waals surface area contributed by atoms with Gasteiger partial charge in [-0.2, -0.15) is 0 Å². The Morgan fingerprint density at radius 1 is 1.10 bits per heavy atom. The second-order valence-corrected chi connectivity index (χ2v) is 8.27. The summed E-state index contributed by atoms with van der Waals surface area (Å²) in [4.78, 5) is 24.6. The molecule has 0 aliphatic heterocycles. The fourth-order valence-corrected chi connectivity index (χ4v) is 3.41. The molecule has 0 heterocycles. The zero-order chi connectivity index (χ0) is 21.8. The van der Waals surface area contributed by atoms with Crippen LogP contribution in [0.1, 0.15) is 22.8 Å². The molecule has 0 aromatic heterocycles. The van der Waals surface area contributed by atoms with E-state index in [0.717, 1.165) is 30.0 Å². The summed E-state index contributed by atoms with van der Waals surface area (Å²) < 4.78 is 34.2. The van der Waals surface area contributed by atoms with Crippen LogP contribution >= 0.6 is 0 Å². The normalized spacial score (nSPS) is 11.0. The van der Waals surface area contributed by atoms with E-state index < -0.39 is 26.4 Å². The van der Waals surface area contributed by atoms with Crippen molar-refractivity contribution in [1.82, 2.24) is 4.90 Å². The largest absolute Gasteiger partial charge is 0.493 e. The molecule has 0 N–H and O–H groups in total. The molecular weight excluding hydrogens is 400 g/mol. The number of non-ortho nitro benzene ring substituents is 1. The number of amides is 1. The van der Waals surface area contributed by atoms with E-state index in [9.17, 15) is 23.3 Å². The lowest BCUT2D eigenvalue weighted by Crippen LogP contribution is -2.30. The van der Waals surface area contributed by atoms with Gasteiger partial charge in [0.15, 0.2) is 21.3 Å². The molecule has 0 bridgehead atoms. The lowest BCUT2D eigenvalue weighted by atomic mass is 10.1. The van der Waals surface area contributed by atoms with Gasteiger partial charge in [0.25, 0.3) is 11.6 Å². The van der Waals surface area contributed by atoms with Gasteiger partial charge in [-0.3, -0.25) is 14.9 Å². The number of nitro benzene ring substituents is 1. The number of hydrogen-bond donors (Lipinski definition) is 0. The van der Waals surface area contributed by atoms with E-state index in [1.54, 1.807) is 25.1 Å². The minimum Gasteiger partial charge on any atom is -0.493 e. The van der Waals surface area contributed by atoms with Gasteiger partial charge in [-0.15, -0.1) is 0 Å². The second-order valence-electron chi connectivity index (χ2n) is 6.25. The van der Waals surface area contributed by atoms with Crippen LogP contribution in [0.3, 0.4) is 0 Å². The average Bonchev–Trinajstić information content (AvgIpc) is 2.70. The fraction of sp³-hybridized carbons (Fsp3) is 0.316. The van der Waals surface area contributed by atoms with E-state index >= 15 is 0 Å². The number of carbonyl (C=O) groups excluding carboxylic acids is 1. The van der Waals surface area contributed by atoms with Gasteiger partial charge in [0, 0.05) is 37.0 Å². The smallest absolute Gasteiger partial charge is 0.271 e. The minimum absolute atomic E-state index is 0.0676. The van der Waals surface area contributed by atoms with Gasteiger partial charge in [-0.05, 0) is 30.7 Å². The maximum atomic E-state index is 13.0. The summed E-state index contributed by atoms with van der Waals surface area (Å²) in [7, 11) is -0.713. The van der Waals surface area contributed by atoms with Crippen molar-refractivity contribution in [3.8, 4) is 11.5 Å². The van der Waals surface area contributed by atoms with Gasteiger partial charge in [0.2, 0.25) is 0 Å². The summed E-state index contributed by atoms with van der Waals surface area (Å²) >= 11 is 0. The molecule has 0 spiro atoms. The summed E-state index contributed by atoms with van der Waals surface area (Å²) in [5.74, 6) is 0.529. The quantitative estimate of drug-likeness (QED) is 0.474. The number of benzene rings is 2. The van der Waals surface area contributed by atoms with Gasteiger partial charge < -0.3 is 14.4 Å². The van der Waals surface area contributed by atoms with Crippen LogP contribution < -0.4 is 9.47 Å². The summed E-state index contributed by atoms with van der Waals surface area (Å²) in [6.07, 6.45) is 0.932. The Hall–Kier alpha value is -3.14. The Morgan fingerprint density at radius 3 is 2.28 bits per heavy atom. The molecule has 2 aromatic rings. The molecule has 9 nitrogen and oxygen atoms in total. The Morgan fingerprint density at radius 2 is 1.76 bits per heavy atom. The SMILES string of the molecule is CCN(Cc1ccc(OC)c(OC)c1)C(=O)c1cc([N+](=O)[O-])cc(S(C)(=O)=O)c1. The first-order valence-corrected chi connectivity index (χ1v) is 10.5. The summed E-state index contributed by atoms with van der Waals surface area (Å²) in [6, 6.07) is 8.38. The van der Waals surface area contributed by atoms with Crippen molar-refractivity contribution in [2.75, 3.05) is 27.0 Å². The van der Waals surface area contributed by atoms with Gasteiger partial charge in [0.05, 0.1) is 24.0 Å². The lowest BCUT2D eigenvalue weighted by Gasteiger charge is -2.22. The monoisotopic (exact) mass is 422 g/mol. The lowest BCUT2D eigenvalue weighted by molar-refractivity contribution is -0.385. The molecule has 29 heavy (non-hydrogen) atoms. The molecule has 0 aliphatic carbocycles. The summed E-state index contributed by atoms with van der Waals surface area (Å²) in [6.45, 7) is 2.27. The number of rotatable bonds is 8. The number of nitro groups is 1. The Bertz CT molecular complexity index is 1030. The molecule has 0 saturated heterocycles. The molecule has 0 radical (unpaired) electrons. The highest BCUT2D eigenvalue weighted by molar-refractivity contribution is 7.90. The van der Waals surface area contributed by atoms with Crippen molar-refractivity contribution in [3.05, 3.63) is 57.6 Å². The standard InChI is InChI=1S/C19H22N2O7S/c1-5-20(12-13-6-7-17(27-2)18(8-13)28-3)19(22)14-9-15(21(23)24)11-16(10-14)29(4,25)26/h6-11H,5,12H2,1-4H3. The minimum atomic E-state index is -3.73. The topological polar surface area (TPSA) is 116 Å². The number of methoxy groups -OCH3 is 2. The van der Waals surface area contributed by atoms with Crippen molar-refractivity contribution in [2.45, 2.75) is 18.4 Å². The highest BCUT2D eigenvalue weighted by atomic mass is 32.2. The molecule has 0 saturated carbocycles. The second kappa shape index (κ2) is 8.91. The van der Waals surface area contributed by atoms with Crippen LogP contribution in [-0.4, -0.2) is 51.2 Å². The highest BCUT2D eigenvalue weighted by Gasteiger charge is 2.22. The van der Waals surface area contributed by atoms with Crippen LogP contribution in [0.2, 0.25) is 0 Å². The molecule has 2 aromatic carbocycles. The predicted octanol–water partition coefficient (Wildman–Crippen LogP) is 2.68. The zero-order valence-electron chi connectivity index (χ0n) is 16.5. The van der Waals surface area contributed by atoms with Crippen LogP contribution in [0.5, 0.6) is 11.5 Å². The van der Waals surface area contributed by atoms with E-state index in [2.05, 4.69) is 0 Å². The Kier molecular flexibility index (Phi) is 6.80. The van der Waals surface area contributed by atoms with Crippen LogP contribution in [0.25, 0.3) is 0 Å². The molecule has 10 heteroatoms. The molecule has 0 atom stereocenters. The Balaban J connectivity index is 2.41. The number of hydrogen-bond acceptors (Lipinski definition) is 7. The van der Waals surface area contributed by atoms with E-state index in [1.165, 1.54) is 19.1 Å². The Labute approximate surface area is 168 Å². The fourth-order valence-electron chi connectivity index (χ4n) is 2.74. The van der Waals surface area contributed by atoms with Crippen LogP contribution in [0.15, 0.2) is 41.3 Å². The third kappa shape index (κ3) is 5.23. The van der Waals surface area contributed by atoms with Gasteiger partial charge in [-0.25, -0.2) is 8.42 Å². The highest BCUT2D eigenvalue weighted by Crippen LogP contribution is 2.28.